The Balaban J connectivity index is 1.35. The van der Waals surface area contributed by atoms with Crippen LogP contribution in [-0.4, -0.2) is 58.2 Å². The van der Waals surface area contributed by atoms with Crippen LogP contribution in [0.25, 0.3) is 16.8 Å². The van der Waals surface area contributed by atoms with Gasteiger partial charge in [0.05, 0.1) is 35.0 Å². The molecule has 0 spiro atoms. The molecule has 178 valence electrons. The molecule has 1 amide bonds. The number of fused-ring (bicyclic) bond motifs is 1. The van der Waals surface area contributed by atoms with Gasteiger partial charge in [-0.25, -0.2) is 14.5 Å². The molecule has 2 aliphatic heterocycles. The summed E-state index contributed by atoms with van der Waals surface area (Å²) in [5, 5.41) is 12.0. The van der Waals surface area contributed by atoms with Crippen LogP contribution in [0.2, 0.25) is 5.02 Å². The minimum atomic E-state index is 0.121. The fraction of sp³-hybridized carbons (Fsp3) is 0.280. The SMILES string of the molecule is O=C1CCCN1c1cc2cnc(Nc3ccc(N4CCNCC4)cn3)nn2c1-c1ccc(Cl)cc1. The van der Waals surface area contributed by atoms with Crippen LogP contribution >= 0.6 is 11.6 Å². The van der Waals surface area contributed by atoms with Crippen molar-refractivity contribution in [2.24, 2.45) is 0 Å². The Morgan fingerprint density at radius 2 is 1.80 bits per heavy atom. The maximum atomic E-state index is 12.6. The van der Waals surface area contributed by atoms with E-state index in [1.165, 1.54) is 0 Å². The highest BCUT2D eigenvalue weighted by atomic mass is 35.5. The first-order chi connectivity index (χ1) is 17.2. The second-order valence-corrected chi connectivity index (χ2v) is 9.15. The lowest BCUT2D eigenvalue weighted by atomic mass is 10.1. The van der Waals surface area contributed by atoms with Gasteiger partial charge in [-0.2, -0.15) is 0 Å². The minimum absolute atomic E-state index is 0.121. The highest BCUT2D eigenvalue weighted by Gasteiger charge is 2.27. The number of aromatic nitrogens is 4. The predicted octanol–water partition coefficient (Wildman–Crippen LogP) is 3.72. The molecule has 4 aromatic rings. The summed E-state index contributed by atoms with van der Waals surface area (Å²) in [6.07, 6.45) is 5.03. The number of carbonyl (C=O) groups is 1. The Hall–Kier alpha value is -3.69. The number of benzene rings is 1. The predicted molar refractivity (Wildman–Crippen MR) is 138 cm³/mol. The zero-order valence-corrected chi connectivity index (χ0v) is 19.9. The van der Waals surface area contributed by atoms with E-state index in [2.05, 4.69) is 31.6 Å². The smallest absolute Gasteiger partial charge is 0.246 e. The maximum absolute atomic E-state index is 12.6. The number of anilines is 4. The molecule has 0 saturated carbocycles. The largest absolute Gasteiger partial charge is 0.368 e. The van der Waals surface area contributed by atoms with Crippen molar-refractivity contribution in [3.8, 4) is 11.3 Å². The molecular weight excluding hydrogens is 464 g/mol. The van der Waals surface area contributed by atoms with Crippen molar-refractivity contribution in [3.05, 3.63) is 59.9 Å². The normalized spacial score (nSPS) is 16.3. The molecule has 10 heteroatoms. The number of hydrogen-bond donors (Lipinski definition) is 2. The molecule has 0 aliphatic carbocycles. The third kappa shape index (κ3) is 4.28. The highest BCUT2D eigenvalue weighted by molar-refractivity contribution is 6.30. The average Bonchev–Trinajstić information content (AvgIpc) is 3.48. The van der Waals surface area contributed by atoms with Gasteiger partial charge in [-0.3, -0.25) is 4.79 Å². The highest BCUT2D eigenvalue weighted by Crippen LogP contribution is 2.36. The molecule has 0 atom stereocenters. The van der Waals surface area contributed by atoms with Crippen molar-refractivity contribution >= 4 is 46.2 Å². The lowest BCUT2D eigenvalue weighted by Crippen LogP contribution is -2.43. The van der Waals surface area contributed by atoms with Gasteiger partial charge in [-0.1, -0.05) is 23.7 Å². The lowest BCUT2D eigenvalue weighted by Gasteiger charge is -2.29. The van der Waals surface area contributed by atoms with Crippen LogP contribution in [-0.2, 0) is 4.79 Å². The summed E-state index contributed by atoms with van der Waals surface area (Å²) in [6.45, 7) is 4.59. The number of amides is 1. The van der Waals surface area contributed by atoms with E-state index >= 15 is 0 Å². The van der Waals surface area contributed by atoms with E-state index in [1.54, 1.807) is 6.20 Å². The first-order valence-electron chi connectivity index (χ1n) is 11.8. The minimum Gasteiger partial charge on any atom is -0.368 e. The monoisotopic (exact) mass is 488 g/mol. The Morgan fingerprint density at radius 3 is 2.51 bits per heavy atom. The van der Waals surface area contributed by atoms with Gasteiger partial charge in [0.15, 0.2) is 0 Å². The number of nitrogens with one attached hydrogen (secondary N) is 2. The zero-order chi connectivity index (χ0) is 23.8. The molecular formula is C25H25ClN8O. The second kappa shape index (κ2) is 9.16. The average molecular weight is 489 g/mol. The molecule has 0 bridgehead atoms. The molecule has 1 aromatic carbocycles. The second-order valence-electron chi connectivity index (χ2n) is 8.72. The summed E-state index contributed by atoms with van der Waals surface area (Å²) in [7, 11) is 0. The van der Waals surface area contributed by atoms with E-state index < -0.39 is 0 Å². The van der Waals surface area contributed by atoms with Gasteiger partial charge in [0.2, 0.25) is 11.9 Å². The molecule has 6 rings (SSSR count). The van der Waals surface area contributed by atoms with Crippen molar-refractivity contribution in [2.45, 2.75) is 12.8 Å². The number of carbonyl (C=O) groups excluding carboxylic acids is 1. The van der Waals surface area contributed by atoms with Crippen LogP contribution < -0.4 is 20.4 Å². The topological polar surface area (TPSA) is 90.7 Å². The molecule has 5 heterocycles. The summed E-state index contributed by atoms with van der Waals surface area (Å²) in [5.74, 6) is 1.21. The van der Waals surface area contributed by atoms with Crippen molar-refractivity contribution in [1.82, 2.24) is 24.9 Å². The maximum Gasteiger partial charge on any atom is 0.246 e. The number of piperazine rings is 1. The van der Waals surface area contributed by atoms with E-state index in [9.17, 15) is 4.79 Å². The Bertz CT molecular complexity index is 1360. The quantitative estimate of drug-likeness (QED) is 0.442. The van der Waals surface area contributed by atoms with E-state index in [0.29, 0.717) is 29.8 Å². The lowest BCUT2D eigenvalue weighted by molar-refractivity contribution is -0.117. The van der Waals surface area contributed by atoms with Gasteiger partial charge in [-0.15, -0.1) is 5.10 Å². The molecule has 9 nitrogen and oxygen atoms in total. The van der Waals surface area contributed by atoms with Crippen molar-refractivity contribution < 1.29 is 4.79 Å². The first-order valence-corrected chi connectivity index (χ1v) is 12.2. The molecule has 2 saturated heterocycles. The molecule has 0 unspecified atom stereocenters. The summed E-state index contributed by atoms with van der Waals surface area (Å²) in [4.78, 5) is 25.8. The van der Waals surface area contributed by atoms with Gasteiger partial charge in [-0.05, 0) is 36.8 Å². The summed E-state index contributed by atoms with van der Waals surface area (Å²) in [6, 6.07) is 13.5. The third-order valence-electron chi connectivity index (χ3n) is 6.45. The summed E-state index contributed by atoms with van der Waals surface area (Å²) in [5.41, 5.74) is 4.49. The van der Waals surface area contributed by atoms with Gasteiger partial charge in [0, 0.05) is 49.7 Å². The van der Waals surface area contributed by atoms with Gasteiger partial charge in [0.1, 0.15) is 5.82 Å². The molecule has 2 fully saturated rings. The number of rotatable bonds is 5. The molecule has 2 N–H and O–H groups in total. The number of nitrogens with zero attached hydrogens (tertiary/aromatic N) is 6. The number of hydrogen-bond acceptors (Lipinski definition) is 7. The van der Waals surface area contributed by atoms with E-state index in [-0.39, 0.29) is 5.91 Å². The number of pyridine rings is 1. The van der Waals surface area contributed by atoms with Crippen LogP contribution in [0.4, 0.5) is 23.1 Å². The van der Waals surface area contributed by atoms with Crippen molar-refractivity contribution in [1.29, 1.82) is 0 Å². The van der Waals surface area contributed by atoms with Crippen molar-refractivity contribution in [2.75, 3.05) is 47.8 Å². The van der Waals surface area contributed by atoms with E-state index in [1.807, 2.05) is 52.0 Å². The van der Waals surface area contributed by atoms with Crippen LogP contribution in [0.5, 0.6) is 0 Å². The Kier molecular flexibility index (Phi) is 5.71. The summed E-state index contributed by atoms with van der Waals surface area (Å²) >= 11 is 6.14. The summed E-state index contributed by atoms with van der Waals surface area (Å²) < 4.78 is 1.83. The van der Waals surface area contributed by atoms with Crippen molar-refractivity contribution in [3.63, 3.8) is 0 Å². The molecule has 2 aliphatic rings. The van der Waals surface area contributed by atoms with Crippen LogP contribution in [0.15, 0.2) is 54.9 Å². The van der Waals surface area contributed by atoms with Crippen LogP contribution in [0.3, 0.4) is 0 Å². The molecule has 35 heavy (non-hydrogen) atoms. The number of halogens is 1. The fourth-order valence-electron chi connectivity index (χ4n) is 4.68. The Morgan fingerprint density at radius 1 is 0.971 bits per heavy atom. The standard InChI is InChI=1S/C25H25ClN8O/c26-18-5-3-17(4-6-18)24-21(33-11-1-2-23(33)35)14-20-16-29-25(31-34(20)24)30-22-8-7-19(15-28-22)32-12-9-27-10-13-32/h3-8,14-16,27H,1-2,9-13H2,(H,28,30,31). The van der Waals surface area contributed by atoms with Gasteiger partial charge < -0.3 is 20.4 Å². The molecule has 3 aromatic heterocycles. The van der Waals surface area contributed by atoms with E-state index in [0.717, 1.165) is 60.7 Å². The zero-order valence-electron chi connectivity index (χ0n) is 19.1. The Labute approximate surface area is 207 Å². The van der Waals surface area contributed by atoms with Crippen LogP contribution in [0, 0.1) is 0 Å². The van der Waals surface area contributed by atoms with Gasteiger partial charge in [0.25, 0.3) is 0 Å². The third-order valence-corrected chi connectivity index (χ3v) is 6.70. The fourth-order valence-corrected chi connectivity index (χ4v) is 4.81. The molecule has 0 radical (unpaired) electrons. The van der Waals surface area contributed by atoms with Gasteiger partial charge >= 0.3 is 0 Å². The van der Waals surface area contributed by atoms with E-state index in [4.69, 9.17) is 16.7 Å². The first kappa shape index (κ1) is 21.8. The van der Waals surface area contributed by atoms with Crippen LogP contribution in [0.1, 0.15) is 12.8 Å².